The van der Waals surface area contributed by atoms with Crippen LogP contribution in [0.4, 0.5) is 11.4 Å². The van der Waals surface area contributed by atoms with E-state index in [-0.39, 0.29) is 17.7 Å². The molecule has 10 nitrogen and oxygen atoms in total. The van der Waals surface area contributed by atoms with Gasteiger partial charge in [0, 0.05) is 26.7 Å². The molecule has 27 heavy (non-hydrogen) atoms. The van der Waals surface area contributed by atoms with Crippen LogP contribution >= 0.6 is 0 Å². The first kappa shape index (κ1) is 19.0. The maximum absolute atomic E-state index is 12.4. The molecule has 1 unspecified atom stereocenters. The normalized spacial score (nSPS) is 17.8. The second kappa shape index (κ2) is 7.82. The Morgan fingerprint density at radius 3 is 2.89 bits per heavy atom. The summed E-state index contributed by atoms with van der Waals surface area (Å²) in [5.74, 6) is -1.00. The molecule has 0 radical (unpaired) electrons. The number of nitrogens with zero attached hydrogens (tertiary/aromatic N) is 2. The van der Waals surface area contributed by atoms with Crippen LogP contribution < -0.4 is 32.5 Å². The van der Waals surface area contributed by atoms with Gasteiger partial charge in [-0.1, -0.05) is 0 Å². The van der Waals surface area contributed by atoms with E-state index in [0.29, 0.717) is 19.0 Å². The standard InChI is InChI=1S/C17H25N7O3/c1-23-14-7-13(11(17(26)27)6-10(14)8-21-23)22-16(25)12(18)2-3-15(19)24-5-4-20-9-24/h3,6-7,12,20-21H,2,4-5,8-9,18-19H2,1H3,(H,22,25)(H,26,27)/b15-3+. The molecule has 0 aliphatic carbocycles. The number of fused-ring (bicyclic) bond motifs is 1. The zero-order valence-corrected chi connectivity index (χ0v) is 15.2. The van der Waals surface area contributed by atoms with Crippen molar-refractivity contribution in [2.24, 2.45) is 11.5 Å². The number of hydrogen-bond donors (Lipinski definition) is 6. The third-order valence-corrected chi connectivity index (χ3v) is 4.72. The monoisotopic (exact) mass is 375 g/mol. The van der Waals surface area contributed by atoms with Gasteiger partial charge in [-0.25, -0.2) is 10.2 Å². The summed E-state index contributed by atoms with van der Waals surface area (Å²) in [5, 5.41) is 17.0. The quantitative estimate of drug-likeness (QED) is 0.374. The van der Waals surface area contributed by atoms with E-state index in [1.54, 1.807) is 23.2 Å². The smallest absolute Gasteiger partial charge is 0.337 e. The van der Waals surface area contributed by atoms with Crippen LogP contribution in [0.2, 0.25) is 0 Å². The highest BCUT2D eigenvalue weighted by atomic mass is 16.4. The minimum atomic E-state index is -1.11. The predicted octanol–water partition coefficient (Wildman–Crippen LogP) is -0.842. The molecule has 1 amide bonds. The van der Waals surface area contributed by atoms with Crippen molar-refractivity contribution in [3.8, 4) is 0 Å². The molecule has 1 aromatic carbocycles. The van der Waals surface area contributed by atoms with E-state index in [1.807, 2.05) is 11.9 Å². The van der Waals surface area contributed by atoms with Gasteiger partial charge in [0.15, 0.2) is 0 Å². The van der Waals surface area contributed by atoms with Crippen molar-refractivity contribution in [3.63, 3.8) is 0 Å². The average molecular weight is 375 g/mol. The van der Waals surface area contributed by atoms with Crippen molar-refractivity contribution in [2.75, 3.05) is 37.1 Å². The fraction of sp³-hybridized carbons (Fsp3) is 0.412. The molecule has 3 rings (SSSR count). The van der Waals surface area contributed by atoms with Crippen LogP contribution in [0, 0.1) is 0 Å². The molecule has 10 heteroatoms. The Bertz CT molecular complexity index is 774. The number of hydrogen-bond acceptors (Lipinski definition) is 8. The summed E-state index contributed by atoms with van der Waals surface area (Å²) in [6.07, 6.45) is 1.97. The van der Waals surface area contributed by atoms with Crippen molar-refractivity contribution in [3.05, 3.63) is 35.2 Å². The van der Waals surface area contributed by atoms with Gasteiger partial charge >= 0.3 is 5.97 Å². The lowest BCUT2D eigenvalue weighted by atomic mass is 10.1. The molecule has 2 aliphatic rings. The molecule has 8 N–H and O–H groups in total. The van der Waals surface area contributed by atoms with Crippen LogP contribution in [0.1, 0.15) is 22.3 Å². The third kappa shape index (κ3) is 4.13. The predicted molar refractivity (Wildman–Crippen MR) is 102 cm³/mol. The lowest BCUT2D eigenvalue weighted by Crippen LogP contribution is -2.36. The highest BCUT2D eigenvalue weighted by Crippen LogP contribution is 2.31. The van der Waals surface area contributed by atoms with E-state index < -0.39 is 17.9 Å². The summed E-state index contributed by atoms with van der Waals surface area (Å²) < 4.78 is 0. The SMILES string of the molecule is CN1NCc2cc(C(=O)O)c(NC(=O)C(N)C/C=C(\N)N3CCNC3)cc21. The summed E-state index contributed by atoms with van der Waals surface area (Å²) in [7, 11) is 1.82. The molecule has 0 saturated carbocycles. The molecule has 2 heterocycles. The summed E-state index contributed by atoms with van der Waals surface area (Å²) in [6, 6.07) is 2.36. The van der Waals surface area contributed by atoms with Gasteiger partial charge in [-0.3, -0.25) is 10.1 Å². The molecule has 0 aromatic heterocycles. The second-order valence-corrected chi connectivity index (χ2v) is 6.61. The third-order valence-electron chi connectivity index (χ3n) is 4.72. The molecule has 1 aromatic rings. The number of benzene rings is 1. The molecular formula is C17H25N7O3. The molecule has 1 atom stereocenters. The number of anilines is 2. The lowest BCUT2D eigenvalue weighted by molar-refractivity contribution is -0.117. The van der Waals surface area contributed by atoms with Crippen LogP contribution in [0.5, 0.6) is 0 Å². The van der Waals surface area contributed by atoms with Crippen molar-refractivity contribution >= 4 is 23.3 Å². The van der Waals surface area contributed by atoms with E-state index in [0.717, 1.165) is 24.3 Å². The Hall–Kier alpha value is -2.82. The Labute approximate surface area is 157 Å². The van der Waals surface area contributed by atoms with E-state index >= 15 is 0 Å². The van der Waals surface area contributed by atoms with E-state index in [2.05, 4.69) is 16.1 Å². The summed E-state index contributed by atoms with van der Waals surface area (Å²) in [5.41, 5.74) is 17.0. The second-order valence-electron chi connectivity index (χ2n) is 6.61. The lowest BCUT2D eigenvalue weighted by Gasteiger charge is -2.18. The van der Waals surface area contributed by atoms with Crippen LogP contribution in [0.15, 0.2) is 24.0 Å². The molecule has 0 bridgehead atoms. The number of rotatable bonds is 6. The highest BCUT2D eigenvalue weighted by molar-refractivity contribution is 6.03. The van der Waals surface area contributed by atoms with Crippen LogP contribution in [-0.4, -0.2) is 54.7 Å². The van der Waals surface area contributed by atoms with Crippen molar-refractivity contribution in [2.45, 2.75) is 19.0 Å². The maximum atomic E-state index is 12.4. The summed E-state index contributed by atoms with van der Waals surface area (Å²) in [4.78, 5) is 26.0. The number of nitrogens with one attached hydrogen (secondary N) is 3. The molecule has 2 aliphatic heterocycles. The highest BCUT2D eigenvalue weighted by Gasteiger charge is 2.23. The van der Waals surface area contributed by atoms with Gasteiger partial charge in [0.05, 0.1) is 35.5 Å². The summed E-state index contributed by atoms with van der Waals surface area (Å²) in [6.45, 7) is 2.88. The van der Waals surface area contributed by atoms with Gasteiger partial charge in [0.2, 0.25) is 5.91 Å². The number of nitrogens with two attached hydrogens (primary N) is 2. The number of carboxylic acids is 1. The van der Waals surface area contributed by atoms with Crippen LogP contribution in [0.25, 0.3) is 0 Å². The van der Waals surface area contributed by atoms with Gasteiger partial charge < -0.3 is 31.8 Å². The maximum Gasteiger partial charge on any atom is 0.337 e. The van der Waals surface area contributed by atoms with Gasteiger partial charge in [0.1, 0.15) is 0 Å². The molecule has 0 spiro atoms. The topological polar surface area (TPSA) is 149 Å². The van der Waals surface area contributed by atoms with Crippen molar-refractivity contribution in [1.29, 1.82) is 0 Å². The first-order valence-corrected chi connectivity index (χ1v) is 8.72. The first-order chi connectivity index (χ1) is 12.9. The Kier molecular flexibility index (Phi) is 5.49. The molecule has 146 valence electrons. The minimum absolute atomic E-state index is 0.0320. The Morgan fingerprint density at radius 2 is 2.22 bits per heavy atom. The van der Waals surface area contributed by atoms with E-state index in [4.69, 9.17) is 11.5 Å². The first-order valence-electron chi connectivity index (χ1n) is 8.72. The van der Waals surface area contributed by atoms with Crippen molar-refractivity contribution in [1.82, 2.24) is 15.6 Å². The molecule has 1 saturated heterocycles. The Balaban J connectivity index is 1.70. The molecule has 1 fully saturated rings. The summed E-state index contributed by atoms with van der Waals surface area (Å²) >= 11 is 0. The van der Waals surface area contributed by atoms with Gasteiger partial charge in [-0.2, -0.15) is 0 Å². The number of amides is 1. The number of aromatic carboxylic acids is 1. The van der Waals surface area contributed by atoms with Crippen molar-refractivity contribution < 1.29 is 14.7 Å². The van der Waals surface area contributed by atoms with Crippen LogP contribution in [0.3, 0.4) is 0 Å². The molecular weight excluding hydrogens is 350 g/mol. The zero-order chi connectivity index (χ0) is 19.6. The number of carboxylic acid groups (broad SMARTS) is 1. The van der Waals surface area contributed by atoms with E-state index in [1.165, 1.54) is 0 Å². The number of carbonyl (C=O) groups is 2. The zero-order valence-electron chi connectivity index (χ0n) is 15.2. The Morgan fingerprint density at radius 1 is 1.44 bits per heavy atom. The fourth-order valence-electron chi connectivity index (χ4n) is 3.09. The number of hydrazine groups is 1. The van der Waals surface area contributed by atoms with Gasteiger partial charge in [-0.15, -0.1) is 0 Å². The van der Waals surface area contributed by atoms with Gasteiger partial charge in [-0.05, 0) is 30.2 Å². The van der Waals surface area contributed by atoms with Crippen LogP contribution in [-0.2, 0) is 11.3 Å². The van der Waals surface area contributed by atoms with Gasteiger partial charge in [0.25, 0.3) is 0 Å². The minimum Gasteiger partial charge on any atom is -0.478 e. The largest absolute Gasteiger partial charge is 0.478 e. The fourth-order valence-corrected chi connectivity index (χ4v) is 3.09. The average Bonchev–Trinajstić information content (AvgIpc) is 3.29. The van der Waals surface area contributed by atoms with E-state index in [9.17, 15) is 14.7 Å². The number of carbonyl (C=O) groups excluding carboxylic acids is 1.